The van der Waals surface area contributed by atoms with E-state index in [1.54, 1.807) is 16.0 Å². The van der Waals surface area contributed by atoms with Crippen LogP contribution in [0.1, 0.15) is 26.2 Å². The monoisotopic (exact) mass is 388 g/mol. The summed E-state index contributed by atoms with van der Waals surface area (Å²) in [6.07, 6.45) is 2.66. The molecule has 2 aliphatic rings. The first-order chi connectivity index (χ1) is 13.4. The van der Waals surface area contributed by atoms with E-state index in [9.17, 15) is 19.5 Å². The number of carboxylic acid groups (broad SMARTS) is 1. The summed E-state index contributed by atoms with van der Waals surface area (Å²) < 4.78 is 0. The maximum absolute atomic E-state index is 12.5. The van der Waals surface area contributed by atoms with Gasteiger partial charge in [0, 0.05) is 58.3 Å². The van der Waals surface area contributed by atoms with Gasteiger partial charge in [-0.3, -0.25) is 14.4 Å². The Bertz CT molecular complexity index is 703. The highest BCUT2D eigenvalue weighted by molar-refractivity contribution is 5.84. The highest BCUT2D eigenvalue weighted by atomic mass is 16.4. The number of anilines is 1. The Morgan fingerprint density at radius 1 is 1.04 bits per heavy atom. The van der Waals surface area contributed by atoms with E-state index in [0.717, 1.165) is 18.9 Å². The summed E-state index contributed by atoms with van der Waals surface area (Å²) in [6, 6.07) is 5.78. The summed E-state index contributed by atoms with van der Waals surface area (Å²) >= 11 is 0. The van der Waals surface area contributed by atoms with Crippen molar-refractivity contribution in [1.29, 1.82) is 0 Å². The van der Waals surface area contributed by atoms with E-state index in [1.807, 2.05) is 25.1 Å². The van der Waals surface area contributed by atoms with Gasteiger partial charge in [-0.2, -0.15) is 0 Å². The molecule has 1 aromatic heterocycles. The van der Waals surface area contributed by atoms with Gasteiger partial charge in [-0.1, -0.05) is 13.0 Å². The van der Waals surface area contributed by atoms with Crippen LogP contribution in [0, 0.1) is 11.8 Å². The highest BCUT2D eigenvalue weighted by Gasteiger charge is 2.32. The van der Waals surface area contributed by atoms with Gasteiger partial charge in [0.1, 0.15) is 5.82 Å². The van der Waals surface area contributed by atoms with Gasteiger partial charge in [0.2, 0.25) is 11.8 Å². The van der Waals surface area contributed by atoms with Crippen LogP contribution in [0.4, 0.5) is 5.82 Å². The SMILES string of the molecule is CC1CC(C(=O)O)CN(C(=O)CCC(=O)N2CCN(c3ccccn3)CC2)C1. The molecule has 0 radical (unpaired) electrons. The predicted molar refractivity (Wildman–Crippen MR) is 104 cm³/mol. The molecule has 1 aromatic rings. The van der Waals surface area contributed by atoms with Gasteiger partial charge >= 0.3 is 5.97 Å². The second-order valence-corrected chi connectivity index (χ2v) is 7.73. The molecule has 28 heavy (non-hydrogen) atoms. The van der Waals surface area contributed by atoms with Crippen molar-refractivity contribution < 1.29 is 19.5 Å². The first-order valence-electron chi connectivity index (χ1n) is 9.88. The molecule has 0 bridgehead atoms. The number of rotatable bonds is 5. The zero-order chi connectivity index (χ0) is 20.1. The van der Waals surface area contributed by atoms with E-state index in [-0.39, 0.29) is 37.1 Å². The minimum atomic E-state index is -0.855. The first-order valence-corrected chi connectivity index (χ1v) is 9.88. The van der Waals surface area contributed by atoms with Gasteiger partial charge in [-0.05, 0) is 24.5 Å². The van der Waals surface area contributed by atoms with Crippen molar-refractivity contribution in [2.24, 2.45) is 11.8 Å². The fraction of sp³-hybridized carbons (Fsp3) is 0.600. The maximum atomic E-state index is 12.5. The molecule has 0 spiro atoms. The molecule has 0 aromatic carbocycles. The van der Waals surface area contributed by atoms with E-state index in [2.05, 4.69) is 9.88 Å². The van der Waals surface area contributed by atoms with Crippen molar-refractivity contribution in [2.45, 2.75) is 26.2 Å². The maximum Gasteiger partial charge on any atom is 0.308 e. The van der Waals surface area contributed by atoms with Crippen LogP contribution < -0.4 is 4.90 Å². The van der Waals surface area contributed by atoms with E-state index >= 15 is 0 Å². The number of likely N-dealkylation sites (tertiary alicyclic amines) is 1. The summed E-state index contributed by atoms with van der Waals surface area (Å²) in [6.45, 7) is 5.45. The number of piperazine rings is 1. The molecular formula is C20H28N4O4. The molecule has 2 aliphatic heterocycles. The number of carbonyl (C=O) groups is 3. The fourth-order valence-corrected chi connectivity index (χ4v) is 3.99. The third-order valence-corrected chi connectivity index (χ3v) is 5.52. The number of carboxylic acids is 1. The predicted octanol–water partition coefficient (Wildman–Crippen LogP) is 1.08. The van der Waals surface area contributed by atoms with Crippen molar-refractivity contribution in [3.05, 3.63) is 24.4 Å². The molecule has 2 atom stereocenters. The van der Waals surface area contributed by atoms with Gasteiger partial charge in [0.15, 0.2) is 0 Å². The van der Waals surface area contributed by atoms with Crippen LogP contribution in [0.15, 0.2) is 24.4 Å². The van der Waals surface area contributed by atoms with Crippen molar-refractivity contribution in [3.63, 3.8) is 0 Å². The number of amides is 2. The summed E-state index contributed by atoms with van der Waals surface area (Å²) in [4.78, 5) is 46.1. The quantitative estimate of drug-likeness (QED) is 0.811. The van der Waals surface area contributed by atoms with Gasteiger partial charge < -0.3 is 19.8 Å². The Balaban J connectivity index is 1.44. The van der Waals surface area contributed by atoms with Crippen molar-refractivity contribution >= 4 is 23.6 Å². The average Bonchev–Trinajstić information content (AvgIpc) is 2.72. The molecule has 1 N–H and O–H groups in total. The zero-order valence-corrected chi connectivity index (χ0v) is 16.3. The molecule has 3 heterocycles. The standard InChI is InChI=1S/C20H28N4O4/c1-15-12-16(20(27)28)14-24(13-15)19(26)6-5-18(25)23-10-8-22(9-11-23)17-4-2-3-7-21-17/h2-4,7,15-16H,5-6,8-14H2,1H3,(H,27,28). The Labute approximate surface area is 165 Å². The van der Waals surface area contributed by atoms with Crippen molar-refractivity contribution in [2.75, 3.05) is 44.2 Å². The lowest BCUT2D eigenvalue weighted by molar-refractivity contribution is -0.147. The number of aliphatic carboxylic acids is 1. The molecular weight excluding hydrogens is 360 g/mol. The van der Waals surface area contributed by atoms with E-state index in [0.29, 0.717) is 26.1 Å². The fourth-order valence-electron chi connectivity index (χ4n) is 3.99. The van der Waals surface area contributed by atoms with Crippen molar-refractivity contribution in [3.8, 4) is 0 Å². The molecule has 2 amide bonds. The van der Waals surface area contributed by atoms with Crippen molar-refractivity contribution in [1.82, 2.24) is 14.8 Å². The summed E-state index contributed by atoms with van der Waals surface area (Å²) in [5.74, 6) is -0.437. The first kappa shape index (κ1) is 20.1. The summed E-state index contributed by atoms with van der Waals surface area (Å²) in [5, 5.41) is 9.24. The molecule has 3 rings (SSSR count). The van der Waals surface area contributed by atoms with E-state index in [1.165, 1.54) is 0 Å². The van der Waals surface area contributed by atoms with Gasteiger partial charge in [0.25, 0.3) is 0 Å². The molecule has 2 fully saturated rings. The number of nitrogens with zero attached hydrogens (tertiary/aromatic N) is 4. The minimum absolute atomic E-state index is 0.0196. The van der Waals surface area contributed by atoms with Crippen LogP contribution >= 0.6 is 0 Å². The Morgan fingerprint density at radius 3 is 2.32 bits per heavy atom. The van der Waals surface area contributed by atoms with Gasteiger partial charge in [-0.15, -0.1) is 0 Å². The topological polar surface area (TPSA) is 94.0 Å². The zero-order valence-electron chi connectivity index (χ0n) is 16.3. The number of hydrogen-bond acceptors (Lipinski definition) is 5. The highest BCUT2D eigenvalue weighted by Crippen LogP contribution is 2.22. The van der Waals surface area contributed by atoms with Crippen LogP contribution in [-0.4, -0.2) is 76.9 Å². The lowest BCUT2D eigenvalue weighted by atomic mass is 9.90. The largest absolute Gasteiger partial charge is 0.481 e. The number of hydrogen-bond donors (Lipinski definition) is 1. The van der Waals surface area contributed by atoms with Crippen LogP contribution in [0.3, 0.4) is 0 Å². The van der Waals surface area contributed by atoms with Crippen LogP contribution in [0.2, 0.25) is 0 Å². The Hall–Kier alpha value is -2.64. The number of pyridine rings is 1. The molecule has 2 saturated heterocycles. The van der Waals surface area contributed by atoms with Crippen LogP contribution in [-0.2, 0) is 14.4 Å². The molecule has 2 unspecified atom stereocenters. The lowest BCUT2D eigenvalue weighted by Crippen LogP contribution is -2.49. The molecule has 8 nitrogen and oxygen atoms in total. The summed E-state index contributed by atoms with van der Waals surface area (Å²) in [7, 11) is 0. The molecule has 0 aliphatic carbocycles. The Morgan fingerprint density at radius 2 is 1.71 bits per heavy atom. The molecule has 8 heteroatoms. The third-order valence-electron chi connectivity index (χ3n) is 5.52. The number of aromatic nitrogens is 1. The Kier molecular flexibility index (Phi) is 6.49. The molecule has 0 saturated carbocycles. The molecule has 152 valence electrons. The number of carbonyl (C=O) groups excluding carboxylic acids is 2. The van der Waals surface area contributed by atoms with Gasteiger partial charge in [-0.25, -0.2) is 4.98 Å². The van der Waals surface area contributed by atoms with Crippen LogP contribution in [0.25, 0.3) is 0 Å². The number of piperidine rings is 1. The van der Waals surface area contributed by atoms with E-state index < -0.39 is 11.9 Å². The normalized spacial score (nSPS) is 22.8. The average molecular weight is 388 g/mol. The summed E-state index contributed by atoms with van der Waals surface area (Å²) in [5.41, 5.74) is 0. The second-order valence-electron chi connectivity index (χ2n) is 7.73. The smallest absolute Gasteiger partial charge is 0.308 e. The minimum Gasteiger partial charge on any atom is -0.481 e. The third kappa shape index (κ3) is 4.99. The lowest BCUT2D eigenvalue weighted by Gasteiger charge is -2.36. The van der Waals surface area contributed by atoms with Crippen LogP contribution in [0.5, 0.6) is 0 Å². The van der Waals surface area contributed by atoms with Gasteiger partial charge in [0.05, 0.1) is 5.92 Å². The second kappa shape index (κ2) is 9.03. The van der Waals surface area contributed by atoms with E-state index in [4.69, 9.17) is 0 Å².